The van der Waals surface area contributed by atoms with Crippen LogP contribution in [0.5, 0.6) is 0 Å². The van der Waals surface area contributed by atoms with Crippen molar-refractivity contribution in [3.05, 3.63) is 65.2 Å². The zero-order valence-electron chi connectivity index (χ0n) is 15.7. The van der Waals surface area contributed by atoms with Crippen LogP contribution in [0.15, 0.2) is 48.5 Å². The average molecular weight is 372 g/mol. The van der Waals surface area contributed by atoms with E-state index >= 15 is 0 Å². The molecule has 0 bridgehead atoms. The van der Waals surface area contributed by atoms with Gasteiger partial charge in [-0.05, 0) is 37.5 Å². The highest BCUT2D eigenvalue weighted by Gasteiger charge is 2.29. The first-order chi connectivity index (χ1) is 12.5. The normalized spacial score (nSPS) is 11.7. The van der Waals surface area contributed by atoms with Gasteiger partial charge < -0.3 is 4.74 Å². The van der Waals surface area contributed by atoms with Gasteiger partial charge in [0.1, 0.15) is 6.04 Å². The van der Waals surface area contributed by atoms with Gasteiger partial charge in [-0.3, -0.25) is 9.69 Å². The Kier molecular flexibility index (Phi) is 7.27. The lowest BCUT2D eigenvalue weighted by molar-refractivity contribution is -0.142. The van der Waals surface area contributed by atoms with E-state index in [1.807, 2.05) is 62.4 Å². The Morgan fingerprint density at radius 2 is 1.65 bits per heavy atom. The Morgan fingerprint density at radius 3 is 2.23 bits per heavy atom. The lowest BCUT2D eigenvalue weighted by atomic mass is 10.1. The Morgan fingerprint density at radius 1 is 1.04 bits per heavy atom. The van der Waals surface area contributed by atoms with Gasteiger partial charge in [0, 0.05) is 5.75 Å². The minimum atomic E-state index is -0.676. The van der Waals surface area contributed by atoms with Crippen LogP contribution in [0.3, 0.4) is 0 Å². The van der Waals surface area contributed by atoms with Crippen LogP contribution in [0.2, 0.25) is 0 Å². The maximum Gasteiger partial charge on any atom is 0.328 e. The molecule has 1 unspecified atom stereocenters. The molecule has 0 saturated heterocycles. The SMILES string of the molecule is COC(=O)C(C)N(C(=O)CSCc1ccccc1)c1c(C)cccc1C. The predicted molar refractivity (Wildman–Crippen MR) is 107 cm³/mol. The van der Waals surface area contributed by atoms with E-state index < -0.39 is 12.0 Å². The summed E-state index contributed by atoms with van der Waals surface area (Å²) in [5.41, 5.74) is 3.88. The molecule has 0 N–H and O–H groups in total. The zero-order chi connectivity index (χ0) is 19.1. The molecule has 0 fully saturated rings. The molecule has 26 heavy (non-hydrogen) atoms. The quantitative estimate of drug-likeness (QED) is 0.687. The van der Waals surface area contributed by atoms with Crippen LogP contribution in [0.1, 0.15) is 23.6 Å². The minimum Gasteiger partial charge on any atom is -0.467 e. The fraction of sp³-hybridized carbons (Fsp3) is 0.333. The van der Waals surface area contributed by atoms with Crippen LogP contribution in [0, 0.1) is 13.8 Å². The molecule has 0 aliphatic rings. The summed E-state index contributed by atoms with van der Waals surface area (Å²) in [6.07, 6.45) is 0. The van der Waals surface area contributed by atoms with Crippen molar-refractivity contribution < 1.29 is 14.3 Å². The number of hydrogen-bond donors (Lipinski definition) is 0. The Labute approximate surface area is 159 Å². The first-order valence-corrected chi connectivity index (χ1v) is 9.69. The lowest BCUT2D eigenvalue weighted by Crippen LogP contribution is -2.45. The summed E-state index contributed by atoms with van der Waals surface area (Å²) >= 11 is 1.54. The molecule has 0 heterocycles. The van der Waals surface area contributed by atoms with Crippen molar-refractivity contribution in [3.63, 3.8) is 0 Å². The maximum absolute atomic E-state index is 13.0. The first-order valence-electron chi connectivity index (χ1n) is 8.53. The molecule has 2 rings (SSSR count). The van der Waals surface area contributed by atoms with Crippen LogP contribution < -0.4 is 4.90 Å². The second kappa shape index (κ2) is 9.43. The summed E-state index contributed by atoms with van der Waals surface area (Å²) in [6, 6.07) is 15.2. The van der Waals surface area contributed by atoms with E-state index in [9.17, 15) is 9.59 Å². The van der Waals surface area contributed by atoms with E-state index in [0.29, 0.717) is 5.75 Å². The molecule has 2 aromatic carbocycles. The molecule has 0 aliphatic carbocycles. The van der Waals surface area contributed by atoms with Gasteiger partial charge in [-0.1, -0.05) is 48.5 Å². The summed E-state index contributed by atoms with van der Waals surface area (Å²) in [7, 11) is 1.34. The molecular weight excluding hydrogens is 346 g/mol. The minimum absolute atomic E-state index is 0.0961. The smallest absolute Gasteiger partial charge is 0.328 e. The van der Waals surface area contributed by atoms with Gasteiger partial charge in [-0.2, -0.15) is 0 Å². The summed E-state index contributed by atoms with van der Waals surface area (Å²) in [6.45, 7) is 5.60. The van der Waals surface area contributed by atoms with Gasteiger partial charge in [-0.25, -0.2) is 4.79 Å². The molecular formula is C21H25NO3S. The number of methoxy groups -OCH3 is 1. The lowest BCUT2D eigenvalue weighted by Gasteiger charge is -2.30. The van der Waals surface area contributed by atoms with Crippen LogP contribution in [-0.2, 0) is 20.1 Å². The number of esters is 1. The second-order valence-electron chi connectivity index (χ2n) is 6.18. The van der Waals surface area contributed by atoms with E-state index in [2.05, 4.69) is 0 Å². The Hall–Kier alpha value is -2.27. The van der Waals surface area contributed by atoms with Crippen molar-refractivity contribution in [2.24, 2.45) is 0 Å². The van der Waals surface area contributed by atoms with Crippen LogP contribution >= 0.6 is 11.8 Å². The van der Waals surface area contributed by atoms with Crippen molar-refractivity contribution in [3.8, 4) is 0 Å². The van der Waals surface area contributed by atoms with Gasteiger partial charge in [-0.15, -0.1) is 11.8 Å². The van der Waals surface area contributed by atoms with Crippen molar-refractivity contribution in [2.45, 2.75) is 32.6 Å². The van der Waals surface area contributed by atoms with Gasteiger partial charge >= 0.3 is 5.97 Å². The number of hydrogen-bond acceptors (Lipinski definition) is 4. The molecule has 138 valence electrons. The number of aryl methyl sites for hydroxylation is 2. The fourth-order valence-corrected chi connectivity index (χ4v) is 3.74. The highest BCUT2D eigenvalue weighted by atomic mass is 32.2. The van der Waals surface area contributed by atoms with Crippen LogP contribution in [-0.4, -0.2) is 30.8 Å². The number of benzene rings is 2. The third-order valence-electron chi connectivity index (χ3n) is 4.22. The number of thioether (sulfide) groups is 1. The van der Waals surface area contributed by atoms with Crippen molar-refractivity contribution >= 4 is 29.3 Å². The molecule has 5 heteroatoms. The number of nitrogens with zero attached hydrogens (tertiary/aromatic N) is 1. The molecule has 2 aromatic rings. The van der Waals surface area contributed by atoms with E-state index in [4.69, 9.17) is 4.74 Å². The summed E-state index contributed by atoms with van der Waals surface area (Å²) in [5, 5.41) is 0. The largest absolute Gasteiger partial charge is 0.467 e. The third-order valence-corrected chi connectivity index (χ3v) is 5.20. The molecule has 0 saturated carbocycles. The third kappa shape index (κ3) is 4.88. The molecule has 1 amide bonds. The van der Waals surface area contributed by atoms with Gasteiger partial charge in [0.25, 0.3) is 0 Å². The van der Waals surface area contributed by atoms with Crippen molar-refractivity contribution in [2.75, 3.05) is 17.8 Å². The van der Waals surface area contributed by atoms with Crippen molar-refractivity contribution in [1.29, 1.82) is 0 Å². The number of carbonyl (C=O) groups is 2. The highest BCUT2D eigenvalue weighted by molar-refractivity contribution is 7.99. The van der Waals surface area contributed by atoms with E-state index in [1.54, 1.807) is 23.6 Å². The predicted octanol–water partition coefficient (Wildman–Crippen LogP) is 4.13. The standard InChI is InChI=1S/C21H25NO3S/c1-15-9-8-10-16(2)20(15)22(17(3)21(24)25-4)19(23)14-26-13-18-11-6-5-7-12-18/h5-12,17H,13-14H2,1-4H3. The molecule has 4 nitrogen and oxygen atoms in total. The highest BCUT2D eigenvalue weighted by Crippen LogP contribution is 2.28. The number of anilines is 1. The van der Waals surface area contributed by atoms with Crippen molar-refractivity contribution in [1.82, 2.24) is 0 Å². The topological polar surface area (TPSA) is 46.6 Å². The maximum atomic E-state index is 13.0. The molecule has 1 atom stereocenters. The van der Waals surface area contributed by atoms with Gasteiger partial charge in [0.05, 0.1) is 18.6 Å². The summed E-state index contributed by atoms with van der Waals surface area (Å²) in [5.74, 6) is 0.527. The first kappa shape index (κ1) is 20.0. The van der Waals surface area contributed by atoms with E-state index in [0.717, 1.165) is 22.6 Å². The van der Waals surface area contributed by atoms with E-state index in [-0.39, 0.29) is 5.91 Å². The summed E-state index contributed by atoms with van der Waals surface area (Å²) < 4.78 is 4.88. The molecule has 0 aromatic heterocycles. The number of rotatable bonds is 7. The van der Waals surface area contributed by atoms with Gasteiger partial charge in [0.15, 0.2) is 0 Å². The van der Waals surface area contributed by atoms with Crippen LogP contribution in [0.4, 0.5) is 5.69 Å². The van der Waals surface area contributed by atoms with Gasteiger partial charge in [0.2, 0.25) is 5.91 Å². The number of carbonyl (C=O) groups excluding carboxylic acids is 2. The van der Waals surface area contributed by atoms with E-state index in [1.165, 1.54) is 12.7 Å². The fourth-order valence-electron chi connectivity index (χ4n) is 2.90. The number of ether oxygens (including phenoxy) is 1. The average Bonchev–Trinajstić information content (AvgIpc) is 2.64. The Balaban J connectivity index is 2.20. The Bertz CT molecular complexity index is 741. The molecule has 0 radical (unpaired) electrons. The monoisotopic (exact) mass is 371 g/mol. The second-order valence-corrected chi connectivity index (χ2v) is 7.17. The molecule has 0 aliphatic heterocycles. The molecule has 0 spiro atoms. The van der Waals surface area contributed by atoms with Crippen LogP contribution in [0.25, 0.3) is 0 Å². The summed E-state index contributed by atoms with van der Waals surface area (Å²) in [4.78, 5) is 26.7. The zero-order valence-corrected chi connectivity index (χ0v) is 16.5. The number of para-hydroxylation sites is 1. The number of amides is 1.